The maximum atomic E-state index is 12.1. The second-order valence-electron chi connectivity index (χ2n) is 4.76. The van der Waals surface area contributed by atoms with E-state index in [2.05, 4.69) is 15.3 Å². The molecule has 0 saturated carbocycles. The Morgan fingerprint density at radius 3 is 2.45 bits per heavy atom. The Balaban J connectivity index is 1.53. The second-order valence-corrected chi connectivity index (χ2v) is 5.71. The van der Waals surface area contributed by atoms with E-state index in [1.54, 1.807) is 40.9 Å². The van der Waals surface area contributed by atoms with Gasteiger partial charge in [-0.25, -0.2) is 14.8 Å². The summed E-state index contributed by atoms with van der Waals surface area (Å²) in [5.74, 6) is 0.311. The van der Waals surface area contributed by atoms with Crippen molar-refractivity contribution in [3.8, 4) is 0 Å². The Kier molecular flexibility index (Phi) is 4.29. The van der Waals surface area contributed by atoms with Gasteiger partial charge in [-0.3, -0.25) is 10.1 Å². The van der Waals surface area contributed by atoms with E-state index < -0.39 is 0 Å². The molecule has 1 aliphatic rings. The number of carbonyl (C=O) groups excluding carboxylic acids is 2. The minimum atomic E-state index is -0.355. The fourth-order valence-electron chi connectivity index (χ4n) is 2.21. The van der Waals surface area contributed by atoms with Crippen LogP contribution in [0.15, 0.2) is 36.0 Å². The third-order valence-corrected chi connectivity index (χ3v) is 4.24. The summed E-state index contributed by atoms with van der Waals surface area (Å²) in [5.41, 5.74) is 0. The molecule has 8 heteroatoms. The van der Waals surface area contributed by atoms with Crippen LogP contribution in [0.3, 0.4) is 0 Å². The molecular weight excluding hydrogens is 302 g/mol. The van der Waals surface area contributed by atoms with Gasteiger partial charge in [0.05, 0.1) is 4.88 Å². The van der Waals surface area contributed by atoms with Crippen molar-refractivity contribution in [2.45, 2.75) is 0 Å². The molecule has 7 nitrogen and oxygen atoms in total. The highest BCUT2D eigenvalue weighted by molar-refractivity contribution is 7.12. The van der Waals surface area contributed by atoms with Crippen molar-refractivity contribution in [1.29, 1.82) is 0 Å². The standard InChI is InChI=1S/C14H15N5O2S/c20-12(11-3-1-10-22-11)17-14(21)19-8-6-18(7-9-19)13-15-4-2-5-16-13/h1-5,10H,6-9H2,(H,17,20,21). The monoisotopic (exact) mass is 317 g/mol. The molecule has 0 aromatic carbocycles. The van der Waals surface area contributed by atoms with Gasteiger partial charge in [-0.15, -0.1) is 11.3 Å². The number of carbonyl (C=O) groups is 2. The molecule has 1 aliphatic heterocycles. The smallest absolute Gasteiger partial charge is 0.324 e. The predicted molar refractivity (Wildman–Crippen MR) is 83.0 cm³/mol. The molecular formula is C14H15N5O2S. The second kappa shape index (κ2) is 6.52. The topological polar surface area (TPSA) is 78.4 Å². The highest BCUT2D eigenvalue weighted by atomic mass is 32.1. The number of hydrogen-bond donors (Lipinski definition) is 1. The largest absolute Gasteiger partial charge is 0.337 e. The van der Waals surface area contributed by atoms with Crippen molar-refractivity contribution < 1.29 is 9.59 Å². The van der Waals surface area contributed by atoms with Crippen molar-refractivity contribution in [1.82, 2.24) is 20.2 Å². The van der Waals surface area contributed by atoms with E-state index in [-0.39, 0.29) is 11.9 Å². The molecule has 2 aromatic rings. The minimum absolute atomic E-state index is 0.353. The van der Waals surface area contributed by atoms with Crippen LogP contribution in [0.5, 0.6) is 0 Å². The summed E-state index contributed by atoms with van der Waals surface area (Å²) >= 11 is 1.31. The molecule has 1 N–H and O–H groups in total. The first-order chi connectivity index (χ1) is 10.7. The zero-order chi connectivity index (χ0) is 15.4. The summed E-state index contributed by atoms with van der Waals surface area (Å²) in [4.78, 5) is 36.5. The SMILES string of the molecule is O=C(NC(=O)N1CCN(c2ncccn2)CC1)c1cccs1. The van der Waals surface area contributed by atoms with Gasteiger partial charge < -0.3 is 9.80 Å². The van der Waals surface area contributed by atoms with Crippen molar-refractivity contribution in [3.63, 3.8) is 0 Å². The van der Waals surface area contributed by atoms with Gasteiger partial charge in [0, 0.05) is 38.6 Å². The van der Waals surface area contributed by atoms with Crippen LogP contribution in [0.1, 0.15) is 9.67 Å². The Morgan fingerprint density at radius 1 is 1.09 bits per heavy atom. The quantitative estimate of drug-likeness (QED) is 0.901. The zero-order valence-electron chi connectivity index (χ0n) is 11.8. The van der Waals surface area contributed by atoms with Gasteiger partial charge in [0.25, 0.3) is 5.91 Å². The summed E-state index contributed by atoms with van der Waals surface area (Å²) in [7, 11) is 0. The lowest BCUT2D eigenvalue weighted by Crippen LogP contribution is -2.53. The van der Waals surface area contributed by atoms with Crippen molar-refractivity contribution in [2.24, 2.45) is 0 Å². The number of urea groups is 1. The molecule has 0 atom stereocenters. The van der Waals surface area contributed by atoms with Gasteiger partial charge in [-0.05, 0) is 17.5 Å². The molecule has 3 rings (SSSR count). The van der Waals surface area contributed by atoms with Crippen LogP contribution in [-0.4, -0.2) is 53.0 Å². The number of hydrogen-bond acceptors (Lipinski definition) is 6. The molecule has 0 radical (unpaired) electrons. The highest BCUT2D eigenvalue weighted by Crippen LogP contribution is 2.11. The van der Waals surface area contributed by atoms with Crippen LogP contribution >= 0.6 is 11.3 Å². The lowest BCUT2D eigenvalue weighted by Gasteiger charge is -2.34. The number of thiophene rings is 1. The summed E-state index contributed by atoms with van der Waals surface area (Å²) in [5, 5.41) is 4.22. The molecule has 0 spiro atoms. The van der Waals surface area contributed by atoms with E-state index in [1.807, 2.05) is 4.90 Å². The van der Waals surface area contributed by atoms with E-state index in [1.165, 1.54) is 11.3 Å². The molecule has 3 heterocycles. The molecule has 1 fully saturated rings. The van der Waals surface area contributed by atoms with Crippen molar-refractivity contribution >= 4 is 29.2 Å². The van der Waals surface area contributed by atoms with Gasteiger partial charge in [-0.1, -0.05) is 6.07 Å². The molecule has 3 amide bonds. The van der Waals surface area contributed by atoms with E-state index in [0.29, 0.717) is 37.0 Å². The Morgan fingerprint density at radius 2 is 1.82 bits per heavy atom. The number of imide groups is 1. The maximum absolute atomic E-state index is 12.1. The first kappa shape index (κ1) is 14.5. The Labute approximate surface area is 131 Å². The highest BCUT2D eigenvalue weighted by Gasteiger charge is 2.23. The van der Waals surface area contributed by atoms with Gasteiger partial charge in [-0.2, -0.15) is 0 Å². The third-order valence-electron chi connectivity index (χ3n) is 3.37. The number of aromatic nitrogens is 2. The molecule has 0 bridgehead atoms. The van der Waals surface area contributed by atoms with Crippen molar-refractivity contribution in [3.05, 3.63) is 40.8 Å². The van der Waals surface area contributed by atoms with E-state index in [4.69, 9.17) is 0 Å². The minimum Gasteiger partial charge on any atom is -0.337 e. The fourth-order valence-corrected chi connectivity index (χ4v) is 2.83. The van der Waals surface area contributed by atoms with E-state index in [9.17, 15) is 9.59 Å². The van der Waals surface area contributed by atoms with Crippen LogP contribution in [0.2, 0.25) is 0 Å². The van der Waals surface area contributed by atoms with E-state index in [0.717, 1.165) is 0 Å². The first-order valence-corrected chi connectivity index (χ1v) is 7.78. The van der Waals surface area contributed by atoms with E-state index >= 15 is 0 Å². The molecule has 2 aromatic heterocycles. The average molecular weight is 317 g/mol. The first-order valence-electron chi connectivity index (χ1n) is 6.90. The lowest BCUT2D eigenvalue weighted by atomic mass is 10.3. The predicted octanol–water partition coefficient (Wildman–Crippen LogP) is 1.21. The van der Waals surface area contributed by atoms with Crippen LogP contribution in [0.4, 0.5) is 10.7 Å². The summed E-state index contributed by atoms with van der Waals surface area (Å²) < 4.78 is 0. The zero-order valence-corrected chi connectivity index (χ0v) is 12.6. The Bertz CT molecular complexity index is 639. The van der Waals surface area contributed by atoms with Crippen LogP contribution in [0.25, 0.3) is 0 Å². The average Bonchev–Trinajstić information content (AvgIpc) is 3.10. The number of piperazine rings is 1. The third kappa shape index (κ3) is 3.22. The number of nitrogens with zero attached hydrogens (tertiary/aromatic N) is 4. The number of anilines is 1. The van der Waals surface area contributed by atoms with Gasteiger partial charge in [0.1, 0.15) is 0 Å². The van der Waals surface area contributed by atoms with Crippen LogP contribution in [0, 0.1) is 0 Å². The normalized spacial score (nSPS) is 14.7. The summed E-state index contributed by atoms with van der Waals surface area (Å²) in [6, 6.07) is 4.89. The Hall–Kier alpha value is -2.48. The number of rotatable bonds is 2. The number of nitrogens with one attached hydrogen (secondary N) is 1. The lowest BCUT2D eigenvalue weighted by molar-refractivity contribution is 0.0955. The molecule has 114 valence electrons. The molecule has 1 saturated heterocycles. The van der Waals surface area contributed by atoms with Crippen LogP contribution in [-0.2, 0) is 0 Å². The van der Waals surface area contributed by atoms with Gasteiger partial charge >= 0.3 is 6.03 Å². The van der Waals surface area contributed by atoms with Crippen molar-refractivity contribution in [2.75, 3.05) is 31.1 Å². The maximum Gasteiger partial charge on any atom is 0.324 e. The molecule has 22 heavy (non-hydrogen) atoms. The summed E-state index contributed by atoms with van der Waals surface area (Å²) in [6.07, 6.45) is 3.39. The van der Waals surface area contributed by atoms with Gasteiger partial charge in [0.15, 0.2) is 0 Å². The molecule has 0 aliphatic carbocycles. The number of amides is 3. The van der Waals surface area contributed by atoms with Crippen LogP contribution < -0.4 is 10.2 Å². The summed E-state index contributed by atoms with van der Waals surface area (Å²) in [6.45, 7) is 2.35. The molecule has 0 unspecified atom stereocenters. The van der Waals surface area contributed by atoms with Gasteiger partial charge in [0.2, 0.25) is 5.95 Å². The fraction of sp³-hybridized carbons (Fsp3) is 0.286.